The largest absolute Gasteiger partial charge is 0.238 e. The van der Waals surface area contributed by atoms with E-state index in [2.05, 4.69) is 30.7 Å². The molecule has 0 N–H and O–H groups in total. The van der Waals surface area contributed by atoms with Crippen molar-refractivity contribution in [3.8, 4) is 0 Å². The first-order valence-corrected chi connectivity index (χ1v) is 6.83. The normalized spacial score (nSPS) is 11.5. The third-order valence-electron chi connectivity index (χ3n) is 1.10. The lowest BCUT2D eigenvalue weighted by Crippen LogP contribution is -1.89. The van der Waals surface area contributed by atoms with Crippen LogP contribution in [0.4, 0.5) is 0 Å². The predicted octanol–water partition coefficient (Wildman–Crippen LogP) is 2.53. The molecule has 0 aliphatic rings. The van der Waals surface area contributed by atoms with Crippen LogP contribution in [0.1, 0.15) is 0 Å². The highest BCUT2D eigenvalue weighted by Crippen LogP contribution is 2.25. The van der Waals surface area contributed by atoms with Crippen LogP contribution in [0.15, 0.2) is 33.6 Å². The molecule has 0 heterocycles. The molecule has 0 saturated carbocycles. The van der Waals surface area contributed by atoms with Crippen molar-refractivity contribution < 1.29 is 8.42 Å². The molecule has 0 atom stereocenters. The quantitative estimate of drug-likeness (QED) is 0.747. The Hall–Kier alpha value is 0.130. The van der Waals surface area contributed by atoms with E-state index in [0.29, 0.717) is 4.47 Å². The number of hydrogen-bond donors (Lipinski definition) is 0. The summed E-state index contributed by atoms with van der Waals surface area (Å²) in [6, 6.07) is 6.62. The van der Waals surface area contributed by atoms with E-state index in [-0.39, 0.29) is 4.90 Å². The maximum atomic E-state index is 10.9. The number of benzene rings is 1. The van der Waals surface area contributed by atoms with E-state index in [4.69, 9.17) is 0 Å². The molecular formula is C6H4Br2O2S. The van der Waals surface area contributed by atoms with Gasteiger partial charge in [0.15, 0.2) is 0 Å². The van der Waals surface area contributed by atoms with Crippen LogP contribution >= 0.6 is 30.7 Å². The molecule has 1 rings (SSSR count). The Bertz CT molecular complexity index is 359. The summed E-state index contributed by atoms with van der Waals surface area (Å²) in [5, 5.41) is 0. The van der Waals surface area contributed by atoms with Crippen LogP contribution in [-0.4, -0.2) is 8.42 Å². The summed E-state index contributed by atoms with van der Waals surface area (Å²) in [7, 11) is -3.27. The van der Waals surface area contributed by atoms with Crippen molar-refractivity contribution in [2.45, 2.75) is 4.90 Å². The first-order chi connectivity index (χ1) is 5.02. The Morgan fingerprint density at radius 2 is 1.73 bits per heavy atom. The van der Waals surface area contributed by atoms with E-state index >= 15 is 0 Å². The molecule has 0 aliphatic heterocycles. The lowest BCUT2D eigenvalue weighted by molar-refractivity contribution is 0.611. The van der Waals surface area contributed by atoms with Gasteiger partial charge in [0.1, 0.15) is 0 Å². The minimum atomic E-state index is -3.27. The SMILES string of the molecule is O=S(=O)(Br)c1ccccc1Br. The Morgan fingerprint density at radius 1 is 1.18 bits per heavy atom. The zero-order chi connectivity index (χ0) is 8.48. The maximum absolute atomic E-state index is 10.9. The van der Waals surface area contributed by atoms with Crippen molar-refractivity contribution in [2.24, 2.45) is 0 Å². The van der Waals surface area contributed by atoms with Crippen molar-refractivity contribution in [3.05, 3.63) is 28.7 Å². The van der Waals surface area contributed by atoms with Crippen molar-refractivity contribution in [3.63, 3.8) is 0 Å². The molecule has 0 bridgehead atoms. The fourth-order valence-electron chi connectivity index (χ4n) is 0.642. The summed E-state index contributed by atoms with van der Waals surface area (Å²) in [6.45, 7) is 0. The van der Waals surface area contributed by atoms with Crippen LogP contribution in [0.5, 0.6) is 0 Å². The molecule has 2 nitrogen and oxygen atoms in total. The second-order valence-corrected chi connectivity index (χ2v) is 6.60. The summed E-state index contributed by atoms with van der Waals surface area (Å²) in [6.07, 6.45) is 0. The Kier molecular flexibility index (Phi) is 2.72. The molecule has 11 heavy (non-hydrogen) atoms. The first-order valence-electron chi connectivity index (χ1n) is 2.71. The van der Waals surface area contributed by atoms with E-state index in [0.717, 1.165) is 0 Å². The number of rotatable bonds is 1. The van der Waals surface area contributed by atoms with Gasteiger partial charge in [-0.05, 0) is 28.1 Å². The van der Waals surface area contributed by atoms with Gasteiger partial charge in [0, 0.05) is 4.47 Å². The van der Waals surface area contributed by atoms with Crippen molar-refractivity contribution in [2.75, 3.05) is 0 Å². The minimum absolute atomic E-state index is 0.250. The molecule has 0 unspecified atom stereocenters. The average molecular weight is 300 g/mol. The fraction of sp³-hybridized carbons (Fsp3) is 0. The number of halogens is 2. The number of hydrogen-bond acceptors (Lipinski definition) is 2. The molecule has 60 valence electrons. The van der Waals surface area contributed by atoms with E-state index in [1.54, 1.807) is 18.2 Å². The molecule has 0 aromatic heterocycles. The minimum Gasteiger partial charge on any atom is -0.212 e. The molecular weight excluding hydrogens is 296 g/mol. The van der Waals surface area contributed by atoms with E-state index in [1.165, 1.54) is 6.07 Å². The van der Waals surface area contributed by atoms with E-state index < -0.39 is 8.27 Å². The van der Waals surface area contributed by atoms with Gasteiger partial charge in [-0.1, -0.05) is 12.1 Å². The van der Waals surface area contributed by atoms with Gasteiger partial charge in [0.05, 0.1) is 19.7 Å². The first kappa shape index (κ1) is 9.22. The topological polar surface area (TPSA) is 34.1 Å². The van der Waals surface area contributed by atoms with Crippen molar-refractivity contribution >= 4 is 39.0 Å². The van der Waals surface area contributed by atoms with Crippen LogP contribution < -0.4 is 0 Å². The maximum Gasteiger partial charge on any atom is 0.238 e. The van der Waals surface area contributed by atoms with Gasteiger partial charge in [0.25, 0.3) is 0 Å². The van der Waals surface area contributed by atoms with Crippen LogP contribution in [0.2, 0.25) is 0 Å². The predicted molar refractivity (Wildman–Crippen MR) is 50.3 cm³/mol. The fourth-order valence-corrected chi connectivity index (χ4v) is 3.61. The smallest absolute Gasteiger partial charge is 0.212 e. The third-order valence-corrected chi connectivity index (χ3v) is 3.98. The molecule has 0 spiro atoms. The molecule has 5 heteroatoms. The highest BCUT2D eigenvalue weighted by Gasteiger charge is 2.11. The second kappa shape index (κ2) is 3.25. The van der Waals surface area contributed by atoms with Crippen LogP contribution in [0.25, 0.3) is 0 Å². The van der Waals surface area contributed by atoms with Gasteiger partial charge in [-0.15, -0.1) is 0 Å². The third kappa shape index (κ3) is 2.28. The molecule has 0 amide bonds. The van der Waals surface area contributed by atoms with Gasteiger partial charge in [-0.3, -0.25) is 0 Å². The average Bonchev–Trinajstić information content (AvgIpc) is 1.86. The Balaban J connectivity index is 3.37. The van der Waals surface area contributed by atoms with Crippen molar-refractivity contribution in [1.82, 2.24) is 0 Å². The van der Waals surface area contributed by atoms with Gasteiger partial charge in [0.2, 0.25) is 8.27 Å². The lowest BCUT2D eigenvalue weighted by atomic mass is 10.4. The van der Waals surface area contributed by atoms with Crippen LogP contribution in [-0.2, 0) is 8.27 Å². The Labute approximate surface area is 80.9 Å². The summed E-state index contributed by atoms with van der Waals surface area (Å²) in [4.78, 5) is 0.250. The van der Waals surface area contributed by atoms with Crippen LogP contribution in [0, 0.1) is 0 Å². The molecule has 0 aliphatic carbocycles. The highest BCUT2D eigenvalue weighted by atomic mass is 79.9. The van der Waals surface area contributed by atoms with Crippen LogP contribution in [0.3, 0.4) is 0 Å². The van der Waals surface area contributed by atoms with Gasteiger partial charge in [-0.25, -0.2) is 8.42 Å². The van der Waals surface area contributed by atoms with E-state index in [9.17, 15) is 8.42 Å². The zero-order valence-corrected chi connectivity index (χ0v) is 9.28. The molecule has 1 aromatic rings. The van der Waals surface area contributed by atoms with Gasteiger partial charge < -0.3 is 0 Å². The molecule has 0 saturated heterocycles. The standard InChI is InChI=1S/C6H4Br2O2S/c7-5-3-1-2-4-6(5)11(8,9)10/h1-4H. The second-order valence-electron chi connectivity index (χ2n) is 1.87. The Morgan fingerprint density at radius 3 is 2.09 bits per heavy atom. The monoisotopic (exact) mass is 298 g/mol. The lowest BCUT2D eigenvalue weighted by Gasteiger charge is -1.97. The summed E-state index contributed by atoms with van der Waals surface area (Å²) >= 11 is 5.70. The van der Waals surface area contributed by atoms with Gasteiger partial charge >= 0.3 is 0 Å². The summed E-state index contributed by atoms with van der Waals surface area (Å²) in [5.41, 5.74) is 0. The molecule has 0 radical (unpaired) electrons. The molecule has 0 fully saturated rings. The zero-order valence-electron chi connectivity index (χ0n) is 5.29. The van der Waals surface area contributed by atoms with Crippen molar-refractivity contribution in [1.29, 1.82) is 0 Å². The summed E-state index contributed by atoms with van der Waals surface area (Å²) < 4.78 is 22.4. The summed E-state index contributed by atoms with van der Waals surface area (Å²) in [5.74, 6) is 0. The van der Waals surface area contributed by atoms with E-state index in [1.807, 2.05) is 0 Å². The van der Waals surface area contributed by atoms with Gasteiger partial charge in [-0.2, -0.15) is 0 Å². The molecule has 1 aromatic carbocycles. The highest BCUT2D eigenvalue weighted by molar-refractivity contribution is 9.47.